The standard InChI is InChI=1S/C20H19N3O3/c1-3-12-26-17-10-8-16(9-11-17)14-21-23-20(25)13-19(24)22-18-7-5-4-6-15(18)2/h1,4-11,14H,12-13H2,2H3,(H,22,24)(H,23,25). The smallest absolute Gasteiger partial charge is 0.249 e. The van der Waals surface area contributed by atoms with Gasteiger partial charge >= 0.3 is 0 Å². The van der Waals surface area contributed by atoms with Gasteiger partial charge in [0.1, 0.15) is 18.8 Å². The van der Waals surface area contributed by atoms with Gasteiger partial charge in [0.05, 0.1) is 6.21 Å². The van der Waals surface area contributed by atoms with E-state index in [1.54, 1.807) is 30.3 Å². The quantitative estimate of drug-likeness (QED) is 0.349. The first-order chi connectivity index (χ1) is 12.6. The Morgan fingerprint density at radius 1 is 1.15 bits per heavy atom. The lowest BCUT2D eigenvalue weighted by Crippen LogP contribution is -2.24. The molecule has 6 nitrogen and oxygen atoms in total. The number of aryl methyl sites for hydroxylation is 1. The van der Waals surface area contributed by atoms with E-state index in [0.717, 1.165) is 11.1 Å². The molecule has 0 saturated heterocycles. The summed E-state index contributed by atoms with van der Waals surface area (Å²) in [6, 6.07) is 14.4. The molecular weight excluding hydrogens is 330 g/mol. The molecule has 0 heterocycles. The van der Waals surface area contributed by atoms with Gasteiger partial charge in [-0.3, -0.25) is 9.59 Å². The van der Waals surface area contributed by atoms with Crippen LogP contribution < -0.4 is 15.5 Å². The van der Waals surface area contributed by atoms with Gasteiger partial charge in [-0.25, -0.2) is 5.43 Å². The molecule has 0 aliphatic rings. The lowest BCUT2D eigenvalue weighted by Gasteiger charge is -2.07. The van der Waals surface area contributed by atoms with Gasteiger partial charge in [0.15, 0.2) is 0 Å². The van der Waals surface area contributed by atoms with Crippen LogP contribution in [0.5, 0.6) is 5.75 Å². The highest BCUT2D eigenvalue weighted by molar-refractivity contribution is 6.04. The number of ether oxygens (including phenoxy) is 1. The third-order valence-corrected chi connectivity index (χ3v) is 3.35. The summed E-state index contributed by atoms with van der Waals surface area (Å²) in [7, 11) is 0. The van der Waals surface area contributed by atoms with Crippen molar-refractivity contribution in [2.45, 2.75) is 13.3 Å². The van der Waals surface area contributed by atoms with Crippen molar-refractivity contribution in [1.29, 1.82) is 0 Å². The number of carbonyl (C=O) groups is 2. The predicted molar refractivity (Wildman–Crippen MR) is 101 cm³/mol. The van der Waals surface area contributed by atoms with Crippen LogP contribution in [0.1, 0.15) is 17.5 Å². The highest BCUT2D eigenvalue weighted by Crippen LogP contribution is 2.13. The Morgan fingerprint density at radius 3 is 2.58 bits per heavy atom. The van der Waals surface area contributed by atoms with Crippen molar-refractivity contribution in [3.63, 3.8) is 0 Å². The van der Waals surface area contributed by atoms with Crippen molar-refractivity contribution < 1.29 is 14.3 Å². The number of nitrogens with zero attached hydrogens (tertiary/aromatic N) is 1. The molecule has 2 rings (SSSR count). The highest BCUT2D eigenvalue weighted by atomic mass is 16.5. The molecule has 26 heavy (non-hydrogen) atoms. The maximum Gasteiger partial charge on any atom is 0.249 e. The van der Waals surface area contributed by atoms with Crippen molar-refractivity contribution >= 4 is 23.7 Å². The normalized spacial score (nSPS) is 10.2. The van der Waals surface area contributed by atoms with E-state index >= 15 is 0 Å². The van der Waals surface area contributed by atoms with Crippen LogP contribution in [-0.4, -0.2) is 24.6 Å². The van der Waals surface area contributed by atoms with Gasteiger partial charge in [0.25, 0.3) is 0 Å². The summed E-state index contributed by atoms with van der Waals surface area (Å²) < 4.78 is 5.26. The summed E-state index contributed by atoms with van der Waals surface area (Å²) in [4.78, 5) is 23.6. The van der Waals surface area contributed by atoms with Crippen molar-refractivity contribution in [3.05, 3.63) is 59.7 Å². The molecule has 0 atom stereocenters. The Balaban J connectivity index is 1.79. The molecule has 0 unspecified atom stereocenters. The molecule has 2 aromatic carbocycles. The molecule has 0 bridgehead atoms. The monoisotopic (exact) mass is 349 g/mol. The average Bonchev–Trinajstić information content (AvgIpc) is 2.63. The molecule has 0 spiro atoms. The predicted octanol–water partition coefficient (Wildman–Crippen LogP) is 2.49. The fraction of sp³-hybridized carbons (Fsp3) is 0.150. The first kappa shape index (κ1) is 18.7. The van der Waals surface area contributed by atoms with Crippen molar-refractivity contribution in [3.8, 4) is 18.1 Å². The molecule has 0 aromatic heterocycles. The molecule has 0 radical (unpaired) electrons. The molecule has 2 amide bonds. The summed E-state index contributed by atoms with van der Waals surface area (Å²) in [5, 5.41) is 6.53. The number of hydrazone groups is 1. The van der Waals surface area contributed by atoms with E-state index in [0.29, 0.717) is 11.4 Å². The van der Waals surface area contributed by atoms with Crippen molar-refractivity contribution in [2.75, 3.05) is 11.9 Å². The second kappa shape index (κ2) is 9.64. The zero-order chi connectivity index (χ0) is 18.8. The largest absolute Gasteiger partial charge is 0.481 e. The van der Waals surface area contributed by atoms with Gasteiger partial charge in [-0.05, 0) is 48.4 Å². The summed E-state index contributed by atoms with van der Waals surface area (Å²) in [5.41, 5.74) is 4.70. The molecule has 6 heteroatoms. The zero-order valence-corrected chi connectivity index (χ0v) is 14.4. The number of hydrogen-bond donors (Lipinski definition) is 2. The summed E-state index contributed by atoms with van der Waals surface area (Å²) in [5.74, 6) is 2.13. The van der Waals surface area contributed by atoms with Crippen LogP contribution in [0.2, 0.25) is 0 Å². The van der Waals surface area contributed by atoms with E-state index in [1.807, 2.05) is 25.1 Å². The molecule has 2 aromatic rings. The van der Waals surface area contributed by atoms with Gasteiger partial charge in [-0.1, -0.05) is 24.1 Å². The summed E-state index contributed by atoms with van der Waals surface area (Å²) in [6.45, 7) is 2.08. The third-order valence-electron chi connectivity index (χ3n) is 3.35. The number of nitrogens with one attached hydrogen (secondary N) is 2. The van der Waals surface area contributed by atoms with E-state index in [9.17, 15) is 9.59 Å². The van der Waals surface area contributed by atoms with Gasteiger partial charge < -0.3 is 10.1 Å². The number of hydrogen-bond acceptors (Lipinski definition) is 4. The Labute approximate surface area is 152 Å². The molecule has 0 saturated carbocycles. The summed E-state index contributed by atoms with van der Waals surface area (Å²) >= 11 is 0. The molecule has 2 N–H and O–H groups in total. The summed E-state index contributed by atoms with van der Waals surface area (Å²) in [6.07, 6.45) is 6.28. The Bertz CT molecular complexity index is 836. The SMILES string of the molecule is C#CCOc1ccc(C=NNC(=O)CC(=O)Nc2ccccc2C)cc1. The Morgan fingerprint density at radius 2 is 1.88 bits per heavy atom. The first-order valence-corrected chi connectivity index (χ1v) is 7.92. The van der Waals surface area contributed by atoms with E-state index < -0.39 is 11.8 Å². The van der Waals surface area contributed by atoms with Crippen LogP contribution in [0, 0.1) is 19.3 Å². The fourth-order valence-corrected chi connectivity index (χ4v) is 2.05. The van der Waals surface area contributed by atoms with Gasteiger partial charge in [-0.15, -0.1) is 6.42 Å². The van der Waals surface area contributed by atoms with E-state index in [4.69, 9.17) is 11.2 Å². The number of anilines is 1. The maximum absolute atomic E-state index is 11.9. The second-order valence-electron chi connectivity index (χ2n) is 5.39. The molecule has 0 aliphatic carbocycles. The average molecular weight is 349 g/mol. The van der Waals surface area contributed by atoms with Crippen LogP contribution in [0.15, 0.2) is 53.6 Å². The third kappa shape index (κ3) is 6.13. The van der Waals surface area contributed by atoms with Crippen LogP contribution in [0.3, 0.4) is 0 Å². The van der Waals surface area contributed by atoms with E-state index in [-0.39, 0.29) is 13.0 Å². The topological polar surface area (TPSA) is 79.8 Å². The Kier molecular flexibility index (Phi) is 6.95. The van der Waals surface area contributed by atoms with Crippen LogP contribution >= 0.6 is 0 Å². The Hall–Kier alpha value is -3.59. The van der Waals surface area contributed by atoms with Crippen molar-refractivity contribution in [1.82, 2.24) is 5.43 Å². The lowest BCUT2D eigenvalue weighted by molar-refractivity contribution is -0.126. The minimum Gasteiger partial charge on any atom is -0.481 e. The first-order valence-electron chi connectivity index (χ1n) is 7.92. The van der Waals surface area contributed by atoms with Crippen LogP contribution in [0.4, 0.5) is 5.69 Å². The van der Waals surface area contributed by atoms with Crippen molar-refractivity contribution in [2.24, 2.45) is 5.10 Å². The number of benzene rings is 2. The molecule has 0 aliphatic heterocycles. The number of terminal acetylenes is 1. The van der Waals surface area contributed by atoms with Gasteiger partial charge in [0, 0.05) is 5.69 Å². The second-order valence-corrected chi connectivity index (χ2v) is 5.39. The molecule has 0 fully saturated rings. The van der Waals surface area contributed by atoms with Gasteiger partial charge in [0.2, 0.25) is 11.8 Å². The number of rotatable bonds is 7. The highest BCUT2D eigenvalue weighted by Gasteiger charge is 2.09. The minimum atomic E-state index is -0.499. The van der Waals surface area contributed by atoms with Gasteiger partial charge in [-0.2, -0.15) is 5.10 Å². The zero-order valence-electron chi connectivity index (χ0n) is 14.4. The number of para-hydroxylation sites is 1. The minimum absolute atomic E-state index is 0.202. The molecular formula is C20H19N3O3. The number of amides is 2. The lowest BCUT2D eigenvalue weighted by atomic mass is 10.2. The number of carbonyl (C=O) groups excluding carboxylic acids is 2. The fourth-order valence-electron chi connectivity index (χ4n) is 2.05. The van der Waals surface area contributed by atoms with E-state index in [1.165, 1.54) is 6.21 Å². The van der Waals surface area contributed by atoms with Crippen LogP contribution in [-0.2, 0) is 9.59 Å². The van der Waals surface area contributed by atoms with Crippen LogP contribution in [0.25, 0.3) is 0 Å². The maximum atomic E-state index is 11.9. The molecule has 132 valence electrons. The van der Waals surface area contributed by atoms with E-state index in [2.05, 4.69) is 21.8 Å².